The molecular weight excluding hydrogens is 176 g/mol. The van der Waals surface area contributed by atoms with Crippen molar-refractivity contribution in [1.29, 1.82) is 0 Å². The Morgan fingerprint density at radius 1 is 1.07 bits per heavy atom. The summed E-state index contributed by atoms with van der Waals surface area (Å²) < 4.78 is 0. The molecular formula is C11H20N2O. The minimum atomic E-state index is -0.346. The molecule has 3 atom stereocenters. The Bertz CT molecular complexity index is 215. The van der Waals surface area contributed by atoms with Crippen LogP contribution in [0.1, 0.15) is 44.9 Å². The third-order valence-corrected chi connectivity index (χ3v) is 3.90. The van der Waals surface area contributed by atoms with Crippen molar-refractivity contribution in [3.8, 4) is 0 Å². The molecule has 2 saturated carbocycles. The van der Waals surface area contributed by atoms with E-state index in [4.69, 9.17) is 5.73 Å². The molecule has 0 aromatic rings. The van der Waals surface area contributed by atoms with Gasteiger partial charge < -0.3 is 11.1 Å². The summed E-state index contributed by atoms with van der Waals surface area (Å²) in [5, 5.41) is 2.92. The number of carbonyl (C=O) groups excluding carboxylic acids is 1. The number of nitrogens with one attached hydrogen (secondary N) is 1. The van der Waals surface area contributed by atoms with Crippen molar-refractivity contribution < 1.29 is 4.79 Å². The van der Waals surface area contributed by atoms with Crippen LogP contribution in [-0.4, -0.2) is 12.1 Å². The molecule has 2 aliphatic carbocycles. The Hall–Kier alpha value is -0.730. The first kappa shape index (κ1) is 9.81. The number of hydrogen-bond donors (Lipinski definition) is 2. The number of nitrogens with two attached hydrogens (primary N) is 1. The van der Waals surface area contributed by atoms with Crippen molar-refractivity contribution in [3.05, 3.63) is 0 Å². The molecule has 0 radical (unpaired) electrons. The topological polar surface area (TPSA) is 55.1 Å². The van der Waals surface area contributed by atoms with E-state index >= 15 is 0 Å². The molecule has 0 aromatic heterocycles. The molecule has 14 heavy (non-hydrogen) atoms. The predicted molar refractivity (Wildman–Crippen MR) is 55.8 cm³/mol. The molecule has 2 rings (SSSR count). The van der Waals surface area contributed by atoms with E-state index in [0.717, 1.165) is 12.3 Å². The fourth-order valence-corrected chi connectivity index (χ4v) is 3.30. The number of rotatable bonds is 1. The number of urea groups is 1. The van der Waals surface area contributed by atoms with Crippen molar-refractivity contribution in [2.45, 2.75) is 51.0 Å². The second-order valence-corrected chi connectivity index (χ2v) is 4.75. The van der Waals surface area contributed by atoms with Crippen molar-refractivity contribution in [3.63, 3.8) is 0 Å². The van der Waals surface area contributed by atoms with E-state index < -0.39 is 0 Å². The average molecular weight is 196 g/mol. The zero-order chi connectivity index (χ0) is 9.97. The van der Waals surface area contributed by atoms with Gasteiger partial charge in [-0.3, -0.25) is 0 Å². The van der Waals surface area contributed by atoms with Crippen LogP contribution < -0.4 is 11.1 Å². The summed E-state index contributed by atoms with van der Waals surface area (Å²) in [6.07, 6.45) is 9.11. The first-order valence-electron chi connectivity index (χ1n) is 5.83. The maximum Gasteiger partial charge on any atom is 0.312 e. The van der Waals surface area contributed by atoms with Gasteiger partial charge >= 0.3 is 6.03 Å². The van der Waals surface area contributed by atoms with E-state index in [1.807, 2.05) is 0 Å². The zero-order valence-electron chi connectivity index (χ0n) is 8.67. The number of fused-ring (bicyclic) bond motifs is 1. The SMILES string of the molecule is NC(=O)NC1CCCC2CCCCC21. The minimum Gasteiger partial charge on any atom is -0.352 e. The average Bonchev–Trinajstić information content (AvgIpc) is 2.18. The lowest BCUT2D eigenvalue weighted by molar-refractivity contribution is 0.130. The summed E-state index contributed by atoms with van der Waals surface area (Å²) in [6, 6.07) is 0.0211. The van der Waals surface area contributed by atoms with Crippen molar-refractivity contribution in [2.24, 2.45) is 17.6 Å². The van der Waals surface area contributed by atoms with E-state index in [1.165, 1.54) is 38.5 Å². The predicted octanol–water partition coefficient (Wildman–Crippen LogP) is 2.01. The van der Waals surface area contributed by atoms with Gasteiger partial charge in [-0.2, -0.15) is 0 Å². The molecule has 3 nitrogen and oxygen atoms in total. The zero-order valence-corrected chi connectivity index (χ0v) is 8.67. The van der Waals surface area contributed by atoms with Crippen LogP contribution >= 0.6 is 0 Å². The lowest BCUT2D eigenvalue weighted by atomic mass is 9.68. The Labute approximate surface area is 85.4 Å². The van der Waals surface area contributed by atoms with Gasteiger partial charge in [-0.15, -0.1) is 0 Å². The Kier molecular flexibility index (Phi) is 2.94. The summed E-state index contributed by atoms with van der Waals surface area (Å²) in [4.78, 5) is 10.9. The van der Waals surface area contributed by atoms with E-state index in [1.54, 1.807) is 0 Å². The highest BCUT2D eigenvalue weighted by molar-refractivity contribution is 5.72. The first-order valence-corrected chi connectivity index (χ1v) is 5.83. The van der Waals surface area contributed by atoms with Crippen LogP contribution in [0.15, 0.2) is 0 Å². The van der Waals surface area contributed by atoms with Crippen molar-refractivity contribution in [2.75, 3.05) is 0 Å². The quantitative estimate of drug-likeness (QED) is 0.662. The lowest BCUT2D eigenvalue weighted by Gasteiger charge is -2.41. The van der Waals surface area contributed by atoms with Crippen LogP contribution in [0.4, 0.5) is 4.79 Å². The standard InChI is InChI=1S/C11H20N2O/c12-11(14)13-10-7-3-5-8-4-1-2-6-9(8)10/h8-10H,1-7H2,(H3,12,13,14). The monoisotopic (exact) mass is 196 g/mol. The minimum absolute atomic E-state index is 0.346. The van der Waals surface area contributed by atoms with Crippen LogP contribution in [0.2, 0.25) is 0 Å². The highest BCUT2D eigenvalue weighted by atomic mass is 16.2. The number of hydrogen-bond acceptors (Lipinski definition) is 1. The van der Waals surface area contributed by atoms with Crippen LogP contribution in [0, 0.1) is 11.8 Å². The van der Waals surface area contributed by atoms with Crippen LogP contribution in [-0.2, 0) is 0 Å². The van der Waals surface area contributed by atoms with E-state index in [0.29, 0.717) is 12.0 Å². The number of amides is 2. The van der Waals surface area contributed by atoms with Gasteiger partial charge in [0.25, 0.3) is 0 Å². The molecule has 3 heteroatoms. The van der Waals surface area contributed by atoms with Gasteiger partial charge in [0, 0.05) is 6.04 Å². The molecule has 0 spiro atoms. The molecule has 0 heterocycles. The molecule has 3 N–H and O–H groups in total. The molecule has 3 unspecified atom stereocenters. The molecule has 0 bridgehead atoms. The van der Waals surface area contributed by atoms with Gasteiger partial charge in [-0.25, -0.2) is 4.79 Å². The fraction of sp³-hybridized carbons (Fsp3) is 0.909. The summed E-state index contributed by atoms with van der Waals surface area (Å²) in [5.74, 6) is 1.57. The summed E-state index contributed by atoms with van der Waals surface area (Å²) >= 11 is 0. The third kappa shape index (κ3) is 2.02. The van der Waals surface area contributed by atoms with Crippen molar-refractivity contribution in [1.82, 2.24) is 5.32 Å². The molecule has 80 valence electrons. The Morgan fingerprint density at radius 3 is 2.57 bits per heavy atom. The Balaban J connectivity index is 1.97. The van der Waals surface area contributed by atoms with Gasteiger partial charge in [-0.05, 0) is 24.7 Å². The van der Waals surface area contributed by atoms with Gasteiger partial charge in [0.2, 0.25) is 0 Å². The summed E-state index contributed by atoms with van der Waals surface area (Å²) in [5.41, 5.74) is 5.20. The fourth-order valence-electron chi connectivity index (χ4n) is 3.30. The molecule has 2 fully saturated rings. The second kappa shape index (κ2) is 4.20. The number of primary amides is 1. The molecule has 0 saturated heterocycles. The summed E-state index contributed by atoms with van der Waals surface area (Å²) in [7, 11) is 0. The first-order chi connectivity index (χ1) is 6.77. The summed E-state index contributed by atoms with van der Waals surface area (Å²) in [6.45, 7) is 0. The largest absolute Gasteiger partial charge is 0.352 e. The number of carbonyl (C=O) groups is 1. The van der Waals surface area contributed by atoms with E-state index in [2.05, 4.69) is 5.32 Å². The highest BCUT2D eigenvalue weighted by Crippen LogP contribution is 2.40. The lowest BCUT2D eigenvalue weighted by Crippen LogP contribution is -2.48. The molecule has 2 amide bonds. The van der Waals surface area contributed by atoms with Crippen molar-refractivity contribution >= 4 is 6.03 Å². The molecule has 0 aliphatic heterocycles. The van der Waals surface area contributed by atoms with E-state index in [9.17, 15) is 4.79 Å². The van der Waals surface area contributed by atoms with Gasteiger partial charge in [0.15, 0.2) is 0 Å². The van der Waals surface area contributed by atoms with Crippen LogP contribution in [0.25, 0.3) is 0 Å². The van der Waals surface area contributed by atoms with Crippen LogP contribution in [0.5, 0.6) is 0 Å². The smallest absolute Gasteiger partial charge is 0.312 e. The Morgan fingerprint density at radius 2 is 1.79 bits per heavy atom. The van der Waals surface area contributed by atoms with Gasteiger partial charge in [0.1, 0.15) is 0 Å². The maximum absolute atomic E-state index is 10.9. The molecule has 2 aliphatic rings. The van der Waals surface area contributed by atoms with Gasteiger partial charge in [0.05, 0.1) is 0 Å². The van der Waals surface area contributed by atoms with Crippen LogP contribution in [0.3, 0.4) is 0 Å². The third-order valence-electron chi connectivity index (χ3n) is 3.90. The maximum atomic E-state index is 10.9. The normalized spacial score (nSPS) is 37.3. The van der Waals surface area contributed by atoms with E-state index in [-0.39, 0.29) is 6.03 Å². The molecule has 0 aromatic carbocycles. The van der Waals surface area contributed by atoms with Gasteiger partial charge in [-0.1, -0.05) is 32.1 Å². The highest BCUT2D eigenvalue weighted by Gasteiger charge is 2.35. The second-order valence-electron chi connectivity index (χ2n) is 4.75.